The maximum atomic E-state index is 11.8. The first-order chi connectivity index (χ1) is 12.4. The Morgan fingerprint density at radius 1 is 1.00 bits per heavy atom. The van der Waals surface area contributed by atoms with Crippen LogP contribution in [-0.4, -0.2) is 18.4 Å². The van der Waals surface area contributed by atoms with Gasteiger partial charge in [0, 0.05) is 16.5 Å². The van der Waals surface area contributed by atoms with Gasteiger partial charge in [-0.05, 0) is 55.2 Å². The van der Waals surface area contributed by atoms with Gasteiger partial charge in [-0.3, -0.25) is 20.4 Å². The Morgan fingerprint density at radius 3 is 2.27 bits per heavy atom. The Bertz CT molecular complexity index is 786. The third-order valence-electron chi connectivity index (χ3n) is 3.70. The third-order valence-corrected chi connectivity index (χ3v) is 4.67. The molecule has 0 aliphatic rings. The first-order valence-corrected chi connectivity index (χ1v) is 8.83. The highest BCUT2D eigenvalue weighted by molar-refractivity contribution is 6.32. The lowest BCUT2D eigenvalue weighted by Crippen LogP contribution is -2.43. The van der Waals surface area contributed by atoms with Crippen LogP contribution in [0.3, 0.4) is 0 Å². The van der Waals surface area contributed by atoms with E-state index in [2.05, 4.69) is 10.9 Å². The summed E-state index contributed by atoms with van der Waals surface area (Å²) in [5.74, 6) is -0.220. The molecule has 0 aliphatic carbocycles. The fourth-order valence-corrected chi connectivity index (χ4v) is 2.67. The normalized spacial score (nSPS) is 10.3. The molecule has 0 fully saturated rings. The summed E-state index contributed by atoms with van der Waals surface area (Å²) in [6, 6.07) is 10.8. The van der Waals surface area contributed by atoms with Gasteiger partial charge >= 0.3 is 0 Å². The van der Waals surface area contributed by atoms with Gasteiger partial charge in [0.05, 0.1) is 0 Å². The smallest absolute Gasteiger partial charge is 0.276 e. The zero-order valence-electron chi connectivity index (χ0n) is 14.6. The van der Waals surface area contributed by atoms with E-state index < -0.39 is 5.91 Å². The molecule has 26 heavy (non-hydrogen) atoms. The summed E-state index contributed by atoms with van der Waals surface area (Å²) >= 11 is 12.1. The van der Waals surface area contributed by atoms with Gasteiger partial charge in [0.25, 0.3) is 5.91 Å². The molecule has 0 unspecified atom stereocenters. The largest absolute Gasteiger partial charge is 0.484 e. The van der Waals surface area contributed by atoms with Gasteiger partial charge in [0.1, 0.15) is 5.75 Å². The fourth-order valence-electron chi connectivity index (χ4n) is 2.33. The molecule has 0 spiro atoms. The molecule has 0 saturated heterocycles. The molecule has 138 valence electrons. The van der Waals surface area contributed by atoms with Crippen LogP contribution < -0.4 is 15.6 Å². The maximum absolute atomic E-state index is 11.8. The number of carbonyl (C=O) groups is 2. The van der Waals surface area contributed by atoms with Gasteiger partial charge in [0.15, 0.2) is 6.61 Å². The summed E-state index contributed by atoms with van der Waals surface area (Å²) < 4.78 is 5.42. The molecule has 0 radical (unpaired) electrons. The number of hydrazine groups is 1. The average molecular weight is 395 g/mol. The number of benzene rings is 2. The van der Waals surface area contributed by atoms with Crippen LogP contribution in [-0.2, 0) is 16.0 Å². The van der Waals surface area contributed by atoms with E-state index in [1.165, 1.54) is 0 Å². The van der Waals surface area contributed by atoms with Crippen molar-refractivity contribution < 1.29 is 14.3 Å². The number of amides is 2. The highest BCUT2D eigenvalue weighted by Crippen LogP contribution is 2.25. The van der Waals surface area contributed by atoms with Gasteiger partial charge in [-0.1, -0.05) is 41.4 Å². The molecular formula is C19H20Cl2N2O3. The minimum atomic E-state index is -0.457. The van der Waals surface area contributed by atoms with E-state index >= 15 is 0 Å². The second-order valence-corrected chi connectivity index (χ2v) is 6.63. The number of hydrogen-bond acceptors (Lipinski definition) is 3. The lowest BCUT2D eigenvalue weighted by molar-refractivity contribution is -0.130. The summed E-state index contributed by atoms with van der Waals surface area (Å²) in [4.78, 5) is 23.6. The Kier molecular flexibility index (Phi) is 7.30. The summed E-state index contributed by atoms with van der Waals surface area (Å²) in [6.07, 6.45) is 0.696. The van der Waals surface area contributed by atoms with Gasteiger partial charge in [-0.2, -0.15) is 0 Å². The Labute approximate surface area is 162 Å². The number of nitrogens with one attached hydrogen (secondary N) is 2. The van der Waals surface area contributed by atoms with E-state index in [0.29, 0.717) is 22.2 Å². The van der Waals surface area contributed by atoms with Crippen molar-refractivity contribution in [1.29, 1.82) is 0 Å². The molecular weight excluding hydrogens is 375 g/mol. The van der Waals surface area contributed by atoms with Crippen LogP contribution in [0.4, 0.5) is 0 Å². The Hall–Kier alpha value is -2.24. The van der Waals surface area contributed by atoms with E-state index in [1.54, 1.807) is 18.2 Å². The fraction of sp³-hybridized carbons (Fsp3) is 0.263. The van der Waals surface area contributed by atoms with Crippen LogP contribution in [0.2, 0.25) is 10.0 Å². The summed E-state index contributed by atoms with van der Waals surface area (Å²) in [5, 5.41) is 1.29. The molecule has 0 saturated carbocycles. The standard InChI is InChI=1S/C19H20Cl2N2O3/c1-12-9-15(10-13(2)19(12)21)26-11-18(25)23-22-17(24)8-7-14-5-3-4-6-16(14)20/h3-6,9-10H,7-8,11H2,1-2H3,(H,22,24)(H,23,25). The molecule has 2 rings (SSSR count). The van der Waals surface area contributed by atoms with Crippen molar-refractivity contribution in [3.8, 4) is 5.75 Å². The quantitative estimate of drug-likeness (QED) is 0.732. The van der Waals surface area contributed by atoms with E-state index in [0.717, 1.165) is 16.7 Å². The molecule has 0 heterocycles. The van der Waals surface area contributed by atoms with Crippen LogP contribution in [0.5, 0.6) is 5.75 Å². The zero-order valence-corrected chi connectivity index (χ0v) is 16.1. The number of carbonyl (C=O) groups excluding carboxylic acids is 2. The van der Waals surface area contributed by atoms with Gasteiger partial charge < -0.3 is 4.74 Å². The maximum Gasteiger partial charge on any atom is 0.276 e. The van der Waals surface area contributed by atoms with Crippen molar-refractivity contribution in [3.05, 3.63) is 63.1 Å². The highest BCUT2D eigenvalue weighted by Gasteiger charge is 2.09. The second kappa shape index (κ2) is 9.46. The molecule has 0 atom stereocenters. The van der Waals surface area contributed by atoms with Gasteiger partial charge in [0.2, 0.25) is 5.91 Å². The molecule has 2 amide bonds. The summed E-state index contributed by atoms with van der Waals surface area (Å²) in [5.41, 5.74) is 7.30. The third kappa shape index (κ3) is 5.93. The van der Waals surface area contributed by atoms with E-state index in [9.17, 15) is 9.59 Å². The van der Waals surface area contributed by atoms with Crippen molar-refractivity contribution in [2.45, 2.75) is 26.7 Å². The van der Waals surface area contributed by atoms with E-state index in [4.69, 9.17) is 27.9 Å². The van der Waals surface area contributed by atoms with E-state index in [-0.39, 0.29) is 18.9 Å². The van der Waals surface area contributed by atoms with E-state index in [1.807, 2.05) is 32.0 Å². The topological polar surface area (TPSA) is 67.4 Å². The molecule has 2 N–H and O–H groups in total. The molecule has 0 aromatic heterocycles. The van der Waals surface area contributed by atoms with Gasteiger partial charge in [-0.25, -0.2) is 0 Å². The summed E-state index contributed by atoms with van der Waals surface area (Å²) in [7, 11) is 0. The molecule has 7 heteroatoms. The number of hydrogen-bond donors (Lipinski definition) is 2. The van der Waals surface area contributed by atoms with Crippen LogP contribution in [0, 0.1) is 13.8 Å². The molecule has 0 bridgehead atoms. The number of halogens is 2. The zero-order chi connectivity index (χ0) is 19.1. The van der Waals surface area contributed by atoms with Crippen molar-refractivity contribution in [2.24, 2.45) is 0 Å². The van der Waals surface area contributed by atoms with Crippen LogP contribution >= 0.6 is 23.2 Å². The van der Waals surface area contributed by atoms with Crippen molar-refractivity contribution in [1.82, 2.24) is 10.9 Å². The minimum Gasteiger partial charge on any atom is -0.484 e. The van der Waals surface area contributed by atoms with Crippen molar-refractivity contribution in [3.63, 3.8) is 0 Å². The number of aryl methyl sites for hydroxylation is 3. The molecule has 2 aromatic rings. The number of rotatable bonds is 6. The predicted octanol–water partition coefficient (Wildman–Crippen LogP) is 3.77. The van der Waals surface area contributed by atoms with Gasteiger partial charge in [-0.15, -0.1) is 0 Å². The molecule has 5 nitrogen and oxygen atoms in total. The van der Waals surface area contributed by atoms with Crippen LogP contribution in [0.25, 0.3) is 0 Å². The first kappa shape index (κ1) is 20.1. The lowest BCUT2D eigenvalue weighted by Gasteiger charge is -2.11. The van der Waals surface area contributed by atoms with Crippen molar-refractivity contribution >= 4 is 35.0 Å². The van der Waals surface area contributed by atoms with Crippen LogP contribution in [0.15, 0.2) is 36.4 Å². The minimum absolute atomic E-state index is 0.209. The Balaban J connectivity index is 1.73. The molecule has 2 aromatic carbocycles. The number of ether oxygens (including phenoxy) is 1. The predicted molar refractivity (Wildman–Crippen MR) is 102 cm³/mol. The Morgan fingerprint density at radius 2 is 1.62 bits per heavy atom. The lowest BCUT2D eigenvalue weighted by atomic mass is 10.1. The van der Waals surface area contributed by atoms with Crippen LogP contribution in [0.1, 0.15) is 23.1 Å². The average Bonchev–Trinajstić information content (AvgIpc) is 2.61. The first-order valence-electron chi connectivity index (χ1n) is 8.07. The summed E-state index contributed by atoms with van der Waals surface area (Å²) in [6.45, 7) is 3.51. The monoisotopic (exact) mass is 394 g/mol. The highest BCUT2D eigenvalue weighted by atomic mass is 35.5. The SMILES string of the molecule is Cc1cc(OCC(=O)NNC(=O)CCc2ccccc2Cl)cc(C)c1Cl. The molecule has 0 aliphatic heterocycles. The second-order valence-electron chi connectivity index (χ2n) is 5.85. The van der Waals surface area contributed by atoms with Crippen molar-refractivity contribution in [2.75, 3.05) is 6.61 Å².